The van der Waals surface area contributed by atoms with Crippen LogP contribution in [-0.4, -0.2) is 43.0 Å². The quantitative estimate of drug-likeness (QED) is 0.859. The van der Waals surface area contributed by atoms with Crippen molar-refractivity contribution >= 4 is 17.6 Å². The van der Waals surface area contributed by atoms with Crippen molar-refractivity contribution in [2.45, 2.75) is 46.2 Å². The van der Waals surface area contributed by atoms with Gasteiger partial charge in [-0.1, -0.05) is 39.0 Å². The molecule has 6 nitrogen and oxygen atoms in total. The molecule has 1 aromatic carbocycles. The van der Waals surface area contributed by atoms with Gasteiger partial charge in [0.15, 0.2) is 0 Å². The summed E-state index contributed by atoms with van der Waals surface area (Å²) in [6, 6.07) is 6.86. The maximum absolute atomic E-state index is 12.9. The minimum atomic E-state index is -0.681. The van der Waals surface area contributed by atoms with E-state index in [1.807, 2.05) is 32.9 Å². The number of carbonyl (C=O) groups excluding carboxylic acids is 2. The van der Waals surface area contributed by atoms with Gasteiger partial charge in [-0.05, 0) is 29.9 Å². The lowest BCUT2D eigenvalue weighted by molar-refractivity contribution is -0.135. The minimum absolute atomic E-state index is 0.137. The third-order valence-corrected chi connectivity index (χ3v) is 4.62. The molecule has 1 aromatic rings. The van der Waals surface area contributed by atoms with E-state index in [0.717, 1.165) is 18.7 Å². The summed E-state index contributed by atoms with van der Waals surface area (Å²) in [4.78, 5) is 28.2. The highest BCUT2D eigenvalue weighted by molar-refractivity contribution is 5.87. The molecule has 0 spiro atoms. The Morgan fingerprint density at radius 2 is 1.84 bits per heavy atom. The summed E-state index contributed by atoms with van der Waals surface area (Å²) in [6.07, 6.45) is 2.41. The van der Waals surface area contributed by atoms with Crippen molar-refractivity contribution in [2.75, 3.05) is 25.0 Å². The number of primary amides is 1. The molecule has 1 atom stereocenters. The van der Waals surface area contributed by atoms with Gasteiger partial charge in [-0.3, -0.25) is 4.79 Å². The van der Waals surface area contributed by atoms with Crippen molar-refractivity contribution in [1.82, 2.24) is 10.2 Å². The number of likely N-dealkylation sites (N-methyl/N-ethyl adjacent to an activating group) is 1. The van der Waals surface area contributed by atoms with E-state index in [9.17, 15) is 9.59 Å². The monoisotopic (exact) mass is 346 g/mol. The number of benzene rings is 1. The number of carbonyl (C=O) groups is 2. The Morgan fingerprint density at radius 1 is 1.24 bits per heavy atom. The first-order chi connectivity index (χ1) is 11.7. The lowest BCUT2D eigenvalue weighted by atomic mass is 9.86. The summed E-state index contributed by atoms with van der Waals surface area (Å²) in [5.41, 5.74) is 7.15. The highest BCUT2D eigenvalue weighted by Crippen LogP contribution is 2.26. The first kappa shape index (κ1) is 19.1. The van der Waals surface area contributed by atoms with Crippen LogP contribution in [0, 0.1) is 5.41 Å². The summed E-state index contributed by atoms with van der Waals surface area (Å²) in [6.45, 7) is 8.36. The number of hydrogen-bond acceptors (Lipinski definition) is 3. The van der Waals surface area contributed by atoms with E-state index in [4.69, 9.17) is 5.73 Å². The van der Waals surface area contributed by atoms with Crippen LogP contribution < -0.4 is 16.0 Å². The van der Waals surface area contributed by atoms with Gasteiger partial charge in [0.25, 0.3) is 0 Å². The fraction of sp³-hybridized carbons (Fsp3) is 0.579. The fourth-order valence-corrected chi connectivity index (χ4v) is 3.26. The maximum Gasteiger partial charge on any atom is 0.312 e. The van der Waals surface area contributed by atoms with E-state index >= 15 is 0 Å². The molecule has 1 aliphatic heterocycles. The number of nitrogens with one attached hydrogen (secondary N) is 1. The number of para-hydroxylation sites is 1. The third-order valence-electron chi connectivity index (χ3n) is 4.62. The Bertz CT molecular complexity index is 618. The molecule has 0 saturated carbocycles. The van der Waals surface area contributed by atoms with Crippen LogP contribution >= 0.6 is 0 Å². The van der Waals surface area contributed by atoms with Crippen molar-refractivity contribution in [2.24, 2.45) is 11.1 Å². The lowest BCUT2D eigenvalue weighted by Crippen LogP contribution is -2.55. The number of anilines is 1. The molecule has 138 valence electrons. The van der Waals surface area contributed by atoms with E-state index in [1.165, 1.54) is 18.5 Å². The van der Waals surface area contributed by atoms with Crippen LogP contribution in [0.25, 0.3) is 0 Å². The molecule has 1 aliphatic rings. The summed E-state index contributed by atoms with van der Waals surface area (Å²) in [5.74, 6) is -0.137. The average Bonchev–Trinajstić information content (AvgIpc) is 3.05. The zero-order valence-corrected chi connectivity index (χ0v) is 15.7. The van der Waals surface area contributed by atoms with Crippen LogP contribution in [0.2, 0.25) is 0 Å². The van der Waals surface area contributed by atoms with Gasteiger partial charge in [0, 0.05) is 32.4 Å². The number of hydrogen-bond donors (Lipinski definition) is 2. The van der Waals surface area contributed by atoms with E-state index in [2.05, 4.69) is 22.3 Å². The molecule has 0 radical (unpaired) electrons. The SMILES string of the molecule is CN(Cc1ccccc1N1CCCC1)C(=O)[C@@H](NC(N)=O)C(C)(C)C. The molecule has 2 rings (SSSR count). The number of urea groups is 1. The fourth-order valence-electron chi connectivity index (χ4n) is 3.26. The van der Waals surface area contributed by atoms with Crippen LogP contribution in [-0.2, 0) is 11.3 Å². The van der Waals surface area contributed by atoms with Gasteiger partial charge < -0.3 is 20.9 Å². The predicted octanol–water partition coefficient (Wildman–Crippen LogP) is 2.33. The molecule has 6 heteroatoms. The smallest absolute Gasteiger partial charge is 0.312 e. The predicted molar refractivity (Wildman–Crippen MR) is 100 cm³/mol. The van der Waals surface area contributed by atoms with Crippen molar-refractivity contribution in [3.05, 3.63) is 29.8 Å². The Hall–Kier alpha value is -2.24. The van der Waals surface area contributed by atoms with Gasteiger partial charge in [-0.15, -0.1) is 0 Å². The molecule has 1 heterocycles. The molecule has 0 aliphatic carbocycles. The molecule has 25 heavy (non-hydrogen) atoms. The zero-order chi connectivity index (χ0) is 18.6. The summed E-state index contributed by atoms with van der Waals surface area (Å²) >= 11 is 0. The number of amides is 3. The Morgan fingerprint density at radius 3 is 2.40 bits per heavy atom. The molecule has 3 N–H and O–H groups in total. The highest BCUT2D eigenvalue weighted by atomic mass is 16.2. The maximum atomic E-state index is 12.9. The van der Waals surface area contributed by atoms with Crippen LogP contribution in [0.3, 0.4) is 0 Å². The molecular formula is C19H30N4O2. The van der Waals surface area contributed by atoms with E-state index in [1.54, 1.807) is 11.9 Å². The molecule has 3 amide bonds. The second-order valence-corrected chi connectivity index (χ2v) is 7.82. The normalized spacial score (nSPS) is 15.8. The van der Waals surface area contributed by atoms with Crippen molar-refractivity contribution in [3.8, 4) is 0 Å². The molecule has 1 fully saturated rings. The number of nitrogens with zero attached hydrogens (tertiary/aromatic N) is 2. The molecular weight excluding hydrogens is 316 g/mol. The first-order valence-corrected chi connectivity index (χ1v) is 8.84. The molecule has 1 saturated heterocycles. The van der Waals surface area contributed by atoms with Crippen molar-refractivity contribution in [1.29, 1.82) is 0 Å². The van der Waals surface area contributed by atoms with E-state index < -0.39 is 17.5 Å². The third kappa shape index (κ3) is 4.87. The molecule has 0 aromatic heterocycles. The summed E-state index contributed by atoms with van der Waals surface area (Å²) in [7, 11) is 1.77. The Labute approximate surface area is 150 Å². The van der Waals surface area contributed by atoms with E-state index in [0.29, 0.717) is 6.54 Å². The van der Waals surface area contributed by atoms with Gasteiger partial charge in [0.05, 0.1) is 0 Å². The number of rotatable bonds is 5. The van der Waals surface area contributed by atoms with E-state index in [-0.39, 0.29) is 5.91 Å². The average molecular weight is 346 g/mol. The Kier molecular flexibility index (Phi) is 5.93. The minimum Gasteiger partial charge on any atom is -0.371 e. The standard InChI is InChI=1S/C19H30N4O2/c1-19(2,3)16(21-18(20)25)17(24)22(4)13-14-9-5-6-10-15(14)23-11-7-8-12-23/h5-6,9-10,16H,7-8,11-13H2,1-4H3,(H3,20,21,25)/t16-/m1/s1. The second-order valence-electron chi connectivity index (χ2n) is 7.82. The zero-order valence-electron chi connectivity index (χ0n) is 15.7. The summed E-state index contributed by atoms with van der Waals surface area (Å²) < 4.78 is 0. The van der Waals surface area contributed by atoms with Crippen molar-refractivity contribution in [3.63, 3.8) is 0 Å². The van der Waals surface area contributed by atoms with Gasteiger partial charge in [0.2, 0.25) is 5.91 Å². The van der Waals surface area contributed by atoms with Gasteiger partial charge in [0.1, 0.15) is 6.04 Å². The van der Waals surface area contributed by atoms with Crippen LogP contribution in [0.4, 0.5) is 10.5 Å². The van der Waals surface area contributed by atoms with Crippen LogP contribution in [0.1, 0.15) is 39.2 Å². The van der Waals surface area contributed by atoms with Crippen LogP contribution in [0.15, 0.2) is 24.3 Å². The van der Waals surface area contributed by atoms with Gasteiger partial charge in [-0.2, -0.15) is 0 Å². The van der Waals surface area contributed by atoms with Crippen molar-refractivity contribution < 1.29 is 9.59 Å². The summed E-state index contributed by atoms with van der Waals surface area (Å²) in [5, 5.41) is 2.59. The highest BCUT2D eigenvalue weighted by Gasteiger charge is 2.34. The van der Waals surface area contributed by atoms with Gasteiger partial charge >= 0.3 is 6.03 Å². The Balaban J connectivity index is 2.16. The van der Waals surface area contributed by atoms with Gasteiger partial charge in [-0.25, -0.2) is 4.79 Å². The topological polar surface area (TPSA) is 78.7 Å². The molecule has 0 unspecified atom stereocenters. The second kappa shape index (κ2) is 7.76. The number of nitrogens with two attached hydrogens (primary N) is 1. The molecule has 0 bridgehead atoms. The lowest BCUT2D eigenvalue weighted by Gasteiger charge is -2.33. The first-order valence-electron chi connectivity index (χ1n) is 8.84. The largest absolute Gasteiger partial charge is 0.371 e. The van der Waals surface area contributed by atoms with Crippen LogP contribution in [0.5, 0.6) is 0 Å².